The Morgan fingerprint density at radius 2 is 2.00 bits per heavy atom. The number of halogens is 1. The molecule has 2 aromatic rings. The molecule has 2 aliphatic rings. The van der Waals surface area contributed by atoms with E-state index in [9.17, 15) is 9.18 Å². The lowest BCUT2D eigenvalue weighted by molar-refractivity contribution is -0.138. The van der Waals surface area contributed by atoms with Crippen molar-refractivity contribution in [3.8, 4) is 0 Å². The summed E-state index contributed by atoms with van der Waals surface area (Å²) in [6, 6.07) is 3.90. The number of anilines is 1. The standard InChI is InChI=1S/C19H22FN5O/c20-16-10-22-18(23-11-16)24-8-2-5-19(13-24)6-4-17(26)25(14-19)12-15-3-1-7-21-9-15/h1,3,7,9-11H,2,4-6,8,12-14H2/t19-/m0/s1. The minimum absolute atomic E-state index is 0.0477. The van der Waals surface area contributed by atoms with E-state index in [2.05, 4.69) is 19.9 Å². The average Bonchev–Trinajstić information content (AvgIpc) is 2.67. The van der Waals surface area contributed by atoms with Crippen LogP contribution in [0.4, 0.5) is 10.3 Å². The minimum Gasteiger partial charge on any atom is -0.340 e. The number of nitrogens with zero attached hydrogens (tertiary/aromatic N) is 5. The largest absolute Gasteiger partial charge is 0.340 e. The lowest BCUT2D eigenvalue weighted by atomic mass is 9.73. The van der Waals surface area contributed by atoms with Crippen molar-refractivity contribution in [1.82, 2.24) is 19.9 Å². The minimum atomic E-state index is -0.425. The molecule has 2 aromatic heterocycles. The summed E-state index contributed by atoms with van der Waals surface area (Å²) in [6.45, 7) is 3.00. The summed E-state index contributed by atoms with van der Waals surface area (Å²) in [6.07, 6.45) is 9.53. The van der Waals surface area contributed by atoms with E-state index >= 15 is 0 Å². The Morgan fingerprint density at radius 1 is 1.15 bits per heavy atom. The van der Waals surface area contributed by atoms with Gasteiger partial charge in [0.15, 0.2) is 5.82 Å². The number of hydrogen-bond acceptors (Lipinski definition) is 5. The predicted molar refractivity (Wildman–Crippen MR) is 94.8 cm³/mol. The summed E-state index contributed by atoms with van der Waals surface area (Å²) in [5.41, 5.74) is 1.10. The Labute approximate surface area is 152 Å². The Morgan fingerprint density at radius 3 is 2.77 bits per heavy atom. The predicted octanol–water partition coefficient (Wildman–Crippen LogP) is 2.42. The summed E-state index contributed by atoms with van der Waals surface area (Å²) in [7, 11) is 0. The first-order valence-electron chi connectivity index (χ1n) is 9.03. The molecule has 0 bridgehead atoms. The van der Waals surface area contributed by atoms with Crippen molar-refractivity contribution in [2.24, 2.45) is 5.41 Å². The fourth-order valence-electron chi connectivity index (χ4n) is 4.14. The zero-order chi connectivity index (χ0) is 18.0. The number of hydrogen-bond donors (Lipinski definition) is 0. The van der Waals surface area contributed by atoms with Crippen molar-refractivity contribution in [1.29, 1.82) is 0 Å². The van der Waals surface area contributed by atoms with Gasteiger partial charge in [0.1, 0.15) is 0 Å². The molecule has 4 heterocycles. The molecule has 0 N–H and O–H groups in total. The number of aromatic nitrogens is 3. The summed E-state index contributed by atoms with van der Waals surface area (Å²) in [5.74, 6) is 0.349. The second-order valence-electron chi connectivity index (χ2n) is 7.34. The molecule has 4 rings (SSSR count). The van der Waals surface area contributed by atoms with Gasteiger partial charge in [0.05, 0.1) is 12.4 Å². The van der Waals surface area contributed by atoms with Crippen molar-refractivity contribution >= 4 is 11.9 Å². The molecule has 0 saturated carbocycles. The first kappa shape index (κ1) is 16.9. The van der Waals surface area contributed by atoms with Crippen LogP contribution in [0.5, 0.6) is 0 Å². The quantitative estimate of drug-likeness (QED) is 0.846. The number of rotatable bonds is 3. The van der Waals surface area contributed by atoms with Crippen LogP contribution in [0.3, 0.4) is 0 Å². The van der Waals surface area contributed by atoms with E-state index in [1.165, 1.54) is 12.4 Å². The van der Waals surface area contributed by atoms with Crippen LogP contribution >= 0.6 is 0 Å². The highest BCUT2D eigenvalue weighted by Crippen LogP contribution is 2.40. The summed E-state index contributed by atoms with van der Waals surface area (Å²) >= 11 is 0. The van der Waals surface area contributed by atoms with E-state index in [4.69, 9.17) is 0 Å². The molecule has 0 radical (unpaired) electrons. The fraction of sp³-hybridized carbons (Fsp3) is 0.474. The Kier molecular flexibility index (Phi) is 4.53. The third-order valence-electron chi connectivity index (χ3n) is 5.40. The van der Waals surface area contributed by atoms with Gasteiger partial charge in [-0.2, -0.15) is 0 Å². The van der Waals surface area contributed by atoms with E-state index in [1.807, 2.05) is 23.2 Å². The zero-order valence-electron chi connectivity index (χ0n) is 14.6. The Bertz CT molecular complexity index is 769. The maximum Gasteiger partial charge on any atom is 0.225 e. The second-order valence-corrected chi connectivity index (χ2v) is 7.34. The maximum absolute atomic E-state index is 13.1. The fourth-order valence-corrected chi connectivity index (χ4v) is 4.14. The average molecular weight is 355 g/mol. The summed E-state index contributed by atoms with van der Waals surface area (Å²) < 4.78 is 13.1. The molecule has 0 unspecified atom stereocenters. The molecule has 2 saturated heterocycles. The molecule has 1 amide bonds. The van der Waals surface area contributed by atoms with Gasteiger partial charge in [0, 0.05) is 50.4 Å². The number of piperidine rings is 2. The molecular formula is C19H22FN5O. The number of carbonyl (C=O) groups is 1. The molecular weight excluding hydrogens is 333 g/mol. The van der Waals surface area contributed by atoms with Gasteiger partial charge in [0.25, 0.3) is 0 Å². The van der Waals surface area contributed by atoms with Gasteiger partial charge in [-0.1, -0.05) is 6.07 Å². The molecule has 1 atom stereocenters. The molecule has 1 spiro atoms. The van der Waals surface area contributed by atoms with Crippen molar-refractivity contribution in [3.63, 3.8) is 0 Å². The molecule has 0 aromatic carbocycles. The van der Waals surface area contributed by atoms with Crippen LogP contribution in [0.25, 0.3) is 0 Å². The topological polar surface area (TPSA) is 62.2 Å². The van der Waals surface area contributed by atoms with Crippen molar-refractivity contribution in [2.75, 3.05) is 24.5 Å². The van der Waals surface area contributed by atoms with Gasteiger partial charge >= 0.3 is 0 Å². The van der Waals surface area contributed by atoms with Gasteiger partial charge in [-0.15, -0.1) is 0 Å². The van der Waals surface area contributed by atoms with Gasteiger partial charge in [-0.05, 0) is 30.9 Å². The van der Waals surface area contributed by atoms with E-state index in [-0.39, 0.29) is 11.3 Å². The first-order valence-corrected chi connectivity index (χ1v) is 9.03. The SMILES string of the molecule is O=C1CC[C@]2(CCCN(c3ncc(F)cn3)C2)CN1Cc1cccnc1. The van der Waals surface area contributed by atoms with Gasteiger partial charge < -0.3 is 9.80 Å². The van der Waals surface area contributed by atoms with Crippen LogP contribution in [0.2, 0.25) is 0 Å². The monoisotopic (exact) mass is 355 g/mol. The normalized spacial score (nSPS) is 23.5. The molecule has 2 fully saturated rings. The van der Waals surface area contributed by atoms with Crippen molar-refractivity contribution in [3.05, 3.63) is 48.3 Å². The summed E-state index contributed by atoms with van der Waals surface area (Å²) in [4.78, 5) is 28.9. The van der Waals surface area contributed by atoms with E-state index in [0.717, 1.165) is 44.5 Å². The van der Waals surface area contributed by atoms with E-state index < -0.39 is 5.82 Å². The highest BCUT2D eigenvalue weighted by atomic mass is 19.1. The molecule has 7 heteroatoms. The zero-order valence-corrected chi connectivity index (χ0v) is 14.6. The highest BCUT2D eigenvalue weighted by Gasteiger charge is 2.42. The van der Waals surface area contributed by atoms with Crippen LogP contribution in [0.15, 0.2) is 36.9 Å². The molecule has 136 valence electrons. The van der Waals surface area contributed by atoms with Crippen molar-refractivity contribution in [2.45, 2.75) is 32.2 Å². The van der Waals surface area contributed by atoms with E-state index in [1.54, 1.807) is 6.20 Å². The maximum atomic E-state index is 13.1. The van der Waals surface area contributed by atoms with Crippen molar-refractivity contribution < 1.29 is 9.18 Å². The third-order valence-corrected chi connectivity index (χ3v) is 5.40. The smallest absolute Gasteiger partial charge is 0.225 e. The number of likely N-dealkylation sites (tertiary alicyclic amines) is 1. The second kappa shape index (κ2) is 6.97. The molecule has 0 aliphatic carbocycles. The van der Waals surface area contributed by atoms with Crippen LogP contribution in [0, 0.1) is 11.2 Å². The van der Waals surface area contributed by atoms with Gasteiger partial charge in [-0.3, -0.25) is 9.78 Å². The molecule has 6 nitrogen and oxygen atoms in total. The first-order chi connectivity index (χ1) is 12.6. The number of amides is 1. The molecule has 26 heavy (non-hydrogen) atoms. The third kappa shape index (κ3) is 3.52. The highest BCUT2D eigenvalue weighted by molar-refractivity contribution is 5.77. The lowest BCUT2D eigenvalue weighted by Crippen LogP contribution is -2.54. The lowest BCUT2D eigenvalue weighted by Gasteiger charge is -2.48. The molecule has 2 aliphatic heterocycles. The number of pyridine rings is 1. The Balaban J connectivity index is 1.49. The van der Waals surface area contributed by atoms with Crippen LogP contribution in [0.1, 0.15) is 31.2 Å². The van der Waals surface area contributed by atoms with Crippen LogP contribution < -0.4 is 4.90 Å². The van der Waals surface area contributed by atoms with Crippen LogP contribution in [-0.4, -0.2) is 45.4 Å². The summed E-state index contributed by atoms with van der Waals surface area (Å²) in [5, 5.41) is 0. The number of carbonyl (C=O) groups excluding carboxylic acids is 1. The van der Waals surface area contributed by atoms with Gasteiger partial charge in [0.2, 0.25) is 11.9 Å². The van der Waals surface area contributed by atoms with E-state index in [0.29, 0.717) is 18.9 Å². The Hall–Kier alpha value is -2.57. The van der Waals surface area contributed by atoms with Crippen LogP contribution in [-0.2, 0) is 11.3 Å². The van der Waals surface area contributed by atoms with Gasteiger partial charge in [-0.25, -0.2) is 14.4 Å².